The van der Waals surface area contributed by atoms with E-state index in [0.717, 1.165) is 46.7 Å². The number of rotatable bonds is 10. The maximum Gasteiger partial charge on any atom is 0.303 e. The first-order valence-electron chi connectivity index (χ1n) is 11.3. The van der Waals surface area contributed by atoms with E-state index < -0.39 is 5.97 Å². The van der Waals surface area contributed by atoms with E-state index in [9.17, 15) is 9.59 Å². The van der Waals surface area contributed by atoms with Crippen LogP contribution in [0.15, 0.2) is 22.7 Å². The normalized spacial score (nSPS) is 18.1. The molecule has 0 bridgehead atoms. The van der Waals surface area contributed by atoms with Crippen LogP contribution in [0.5, 0.6) is 0 Å². The molecule has 6 nitrogen and oxygen atoms in total. The molecule has 6 heteroatoms. The van der Waals surface area contributed by atoms with Gasteiger partial charge in [0.1, 0.15) is 5.76 Å². The summed E-state index contributed by atoms with van der Waals surface area (Å²) < 4.78 is 5.69. The van der Waals surface area contributed by atoms with Crippen LogP contribution in [0.25, 0.3) is 0 Å². The minimum atomic E-state index is -0.836. The average Bonchev–Trinajstić information content (AvgIpc) is 3.05. The first-order chi connectivity index (χ1) is 14.7. The lowest BCUT2D eigenvalue weighted by Crippen LogP contribution is -2.24. The van der Waals surface area contributed by atoms with Gasteiger partial charge >= 0.3 is 5.97 Å². The molecule has 0 radical (unpaired) electrons. The maximum atomic E-state index is 12.5. The second-order valence-electron chi connectivity index (χ2n) is 9.40. The molecular formula is C25H34N2O4. The monoisotopic (exact) mass is 426 g/mol. The number of carbonyl (C=O) groups excluding carboxylic acids is 1. The van der Waals surface area contributed by atoms with Crippen LogP contribution in [-0.2, 0) is 22.4 Å². The molecule has 1 fully saturated rings. The molecule has 1 aromatic heterocycles. The minimum absolute atomic E-state index is 0.0398. The molecule has 1 heterocycles. The third-order valence-electron chi connectivity index (χ3n) is 6.14. The van der Waals surface area contributed by atoms with E-state index >= 15 is 0 Å². The predicted molar refractivity (Wildman–Crippen MR) is 120 cm³/mol. The Bertz CT molecular complexity index is 926. The first kappa shape index (κ1) is 23.0. The van der Waals surface area contributed by atoms with Crippen molar-refractivity contribution >= 4 is 17.6 Å². The van der Waals surface area contributed by atoms with Crippen LogP contribution in [0.2, 0.25) is 0 Å². The van der Waals surface area contributed by atoms with E-state index in [1.54, 1.807) is 0 Å². The smallest absolute Gasteiger partial charge is 0.303 e. The Labute approximate surface area is 184 Å². The number of amides is 1. The summed E-state index contributed by atoms with van der Waals surface area (Å²) in [4.78, 5) is 23.6. The molecule has 0 aliphatic heterocycles. The zero-order valence-corrected chi connectivity index (χ0v) is 19.0. The van der Waals surface area contributed by atoms with E-state index in [1.165, 1.54) is 6.42 Å². The van der Waals surface area contributed by atoms with Gasteiger partial charge < -0.3 is 14.9 Å². The van der Waals surface area contributed by atoms with E-state index in [1.807, 2.05) is 32.0 Å². The van der Waals surface area contributed by atoms with Gasteiger partial charge in [0, 0.05) is 36.4 Å². The summed E-state index contributed by atoms with van der Waals surface area (Å²) in [6, 6.07) is 5.93. The zero-order chi connectivity index (χ0) is 22.5. The van der Waals surface area contributed by atoms with Crippen molar-refractivity contribution in [3.8, 4) is 0 Å². The second-order valence-corrected chi connectivity index (χ2v) is 9.40. The molecule has 0 spiro atoms. The topological polar surface area (TPSA) is 92.4 Å². The molecule has 31 heavy (non-hydrogen) atoms. The number of nitrogens with zero attached hydrogens (tertiary/aromatic N) is 1. The van der Waals surface area contributed by atoms with Gasteiger partial charge in [-0.3, -0.25) is 9.59 Å². The van der Waals surface area contributed by atoms with E-state index in [0.29, 0.717) is 30.6 Å². The molecule has 0 atom stereocenters. The van der Waals surface area contributed by atoms with Crippen molar-refractivity contribution in [2.45, 2.75) is 78.6 Å². The number of carboxylic acids is 1. The van der Waals surface area contributed by atoms with Gasteiger partial charge in [0.25, 0.3) is 0 Å². The largest absolute Gasteiger partial charge is 0.481 e. The van der Waals surface area contributed by atoms with Crippen molar-refractivity contribution in [2.24, 2.45) is 11.8 Å². The molecule has 168 valence electrons. The molecule has 1 saturated carbocycles. The molecular weight excluding hydrogens is 392 g/mol. The molecule has 3 rings (SSSR count). The third kappa shape index (κ3) is 6.18. The van der Waals surface area contributed by atoms with E-state index in [4.69, 9.17) is 9.63 Å². The standard InChI is InChI=1S/C25H34N2O4/c1-15(2)11-18-13-19(14-18)25-20(6-10-24(29)30)22(27-31-25)8-9-23(28)26-21-7-5-16(3)12-17(21)4/h5,7,12,15,18-19H,6,8-11,13-14H2,1-4H3,(H,26,28)(H,29,30)/t18-,19+. The summed E-state index contributed by atoms with van der Waals surface area (Å²) in [6.45, 7) is 8.47. The average molecular weight is 427 g/mol. The number of aliphatic carboxylic acids is 1. The highest BCUT2D eigenvalue weighted by atomic mass is 16.5. The van der Waals surface area contributed by atoms with E-state index in [2.05, 4.69) is 24.3 Å². The predicted octanol–water partition coefficient (Wildman–Crippen LogP) is 5.42. The number of aryl methyl sites for hydroxylation is 3. The van der Waals surface area contributed by atoms with Crippen LogP contribution >= 0.6 is 0 Å². The van der Waals surface area contributed by atoms with Gasteiger partial charge in [-0.1, -0.05) is 36.7 Å². The third-order valence-corrected chi connectivity index (χ3v) is 6.14. The molecule has 1 aliphatic rings. The summed E-state index contributed by atoms with van der Waals surface area (Å²) in [6.07, 6.45) is 4.50. The lowest BCUT2D eigenvalue weighted by atomic mass is 9.69. The number of carbonyl (C=O) groups is 2. The van der Waals surface area contributed by atoms with Crippen molar-refractivity contribution in [1.29, 1.82) is 0 Å². The quantitative estimate of drug-likeness (QED) is 0.529. The number of aromatic nitrogens is 1. The number of anilines is 1. The number of benzene rings is 1. The summed E-state index contributed by atoms with van der Waals surface area (Å²) in [5.74, 6) is 1.62. The fourth-order valence-corrected chi connectivity index (χ4v) is 4.58. The van der Waals surface area contributed by atoms with Crippen molar-refractivity contribution < 1.29 is 19.2 Å². The van der Waals surface area contributed by atoms with Crippen molar-refractivity contribution in [3.63, 3.8) is 0 Å². The number of nitrogens with one attached hydrogen (secondary N) is 1. The van der Waals surface area contributed by atoms with Crippen LogP contribution in [0.4, 0.5) is 5.69 Å². The molecule has 0 unspecified atom stereocenters. The highest BCUT2D eigenvalue weighted by Crippen LogP contribution is 2.46. The van der Waals surface area contributed by atoms with Crippen LogP contribution in [0, 0.1) is 25.7 Å². The van der Waals surface area contributed by atoms with Gasteiger partial charge in [0.15, 0.2) is 0 Å². The maximum absolute atomic E-state index is 12.5. The SMILES string of the molecule is Cc1ccc(NC(=O)CCc2noc([C@H]3C[C@@H](CC(C)C)C3)c2CCC(=O)O)c(C)c1. The Morgan fingerprint density at radius 3 is 2.58 bits per heavy atom. The van der Waals surface area contributed by atoms with Crippen LogP contribution in [0.3, 0.4) is 0 Å². The van der Waals surface area contributed by atoms with Gasteiger partial charge in [0.05, 0.1) is 5.69 Å². The fourth-order valence-electron chi connectivity index (χ4n) is 4.58. The Hall–Kier alpha value is -2.63. The van der Waals surface area contributed by atoms with Crippen LogP contribution in [-0.4, -0.2) is 22.1 Å². The molecule has 1 amide bonds. The van der Waals surface area contributed by atoms with Gasteiger partial charge in [0.2, 0.25) is 5.91 Å². The summed E-state index contributed by atoms with van der Waals surface area (Å²) in [7, 11) is 0. The number of hydrogen-bond acceptors (Lipinski definition) is 4. The molecule has 0 saturated heterocycles. The number of carboxylic acid groups (broad SMARTS) is 1. The van der Waals surface area contributed by atoms with Crippen molar-refractivity contribution in [3.05, 3.63) is 46.3 Å². The Balaban J connectivity index is 1.63. The van der Waals surface area contributed by atoms with Crippen LogP contribution in [0.1, 0.15) is 80.0 Å². The van der Waals surface area contributed by atoms with Crippen molar-refractivity contribution in [1.82, 2.24) is 5.16 Å². The van der Waals surface area contributed by atoms with Crippen molar-refractivity contribution in [2.75, 3.05) is 5.32 Å². The summed E-state index contributed by atoms with van der Waals surface area (Å²) >= 11 is 0. The lowest BCUT2D eigenvalue weighted by Gasteiger charge is -2.35. The minimum Gasteiger partial charge on any atom is -0.481 e. The van der Waals surface area contributed by atoms with Gasteiger partial charge in [-0.2, -0.15) is 0 Å². The lowest BCUT2D eigenvalue weighted by molar-refractivity contribution is -0.137. The molecule has 1 aromatic carbocycles. The summed E-state index contributed by atoms with van der Waals surface area (Å²) in [5, 5.41) is 16.4. The molecule has 2 N–H and O–H groups in total. The highest BCUT2D eigenvalue weighted by molar-refractivity contribution is 5.91. The summed E-state index contributed by atoms with van der Waals surface area (Å²) in [5.41, 5.74) is 4.61. The molecule has 1 aliphatic carbocycles. The fraction of sp³-hybridized carbons (Fsp3) is 0.560. The molecule has 2 aromatic rings. The second kappa shape index (κ2) is 10.1. The Kier molecular flexibility index (Phi) is 7.52. The Morgan fingerprint density at radius 1 is 1.19 bits per heavy atom. The van der Waals surface area contributed by atoms with Crippen LogP contribution < -0.4 is 5.32 Å². The first-order valence-corrected chi connectivity index (χ1v) is 11.3. The van der Waals surface area contributed by atoms with Gasteiger partial charge in [-0.15, -0.1) is 0 Å². The Morgan fingerprint density at radius 2 is 1.94 bits per heavy atom. The van der Waals surface area contributed by atoms with E-state index in [-0.39, 0.29) is 18.7 Å². The van der Waals surface area contributed by atoms with Gasteiger partial charge in [-0.05, 0) is 63.0 Å². The van der Waals surface area contributed by atoms with Gasteiger partial charge in [-0.25, -0.2) is 0 Å². The number of hydrogen-bond donors (Lipinski definition) is 2. The zero-order valence-electron chi connectivity index (χ0n) is 19.0. The highest BCUT2D eigenvalue weighted by Gasteiger charge is 2.35.